The lowest BCUT2D eigenvalue weighted by molar-refractivity contribution is -0.909. The Labute approximate surface area is 163 Å². The van der Waals surface area contributed by atoms with Gasteiger partial charge in [0.25, 0.3) is 0 Å². The van der Waals surface area contributed by atoms with Crippen molar-refractivity contribution in [1.29, 1.82) is 0 Å². The first-order valence-electron chi connectivity index (χ1n) is 8.26. The number of nitrogens with zero attached hydrogens (tertiary/aromatic N) is 4. The average Bonchev–Trinajstić information content (AvgIpc) is 3.04. The fourth-order valence-corrected chi connectivity index (χ4v) is 3.12. The maximum atomic E-state index is 14.2. The van der Waals surface area contributed by atoms with E-state index in [2.05, 4.69) is 31.3 Å². The molecule has 0 saturated heterocycles. The zero-order valence-corrected chi connectivity index (χ0v) is 16.0. The smallest absolute Gasteiger partial charge is 0.231 e. The van der Waals surface area contributed by atoms with Crippen LogP contribution in [-0.4, -0.2) is 19.8 Å². The van der Waals surface area contributed by atoms with Gasteiger partial charge in [-0.05, 0) is 34.1 Å². The van der Waals surface area contributed by atoms with Crippen molar-refractivity contribution in [3.05, 3.63) is 76.4 Å². The second-order valence-corrected chi connectivity index (χ2v) is 6.97. The minimum absolute atomic E-state index is 0.337. The third kappa shape index (κ3) is 3.35. The molecule has 3 heterocycles. The number of hydrogen-bond donors (Lipinski definition) is 2. The number of aryl methyl sites for hydroxylation is 1. The number of rotatable bonds is 4. The van der Waals surface area contributed by atoms with Gasteiger partial charge in [0, 0.05) is 41.5 Å². The highest BCUT2D eigenvalue weighted by molar-refractivity contribution is 9.10. The Kier molecular flexibility index (Phi) is 4.49. The van der Waals surface area contributed by atoms with Gasteiger partial charge in [-0.15, -0.1) is 0 Å². The number of hydrogen-bond acceptors (Lipinski definition) is 4. The maximum Gasteiger partial charge on any atom is 0.231 e. The molecular formula is C19H16BrFN5O+. The van der Waals surface area contributed by atoms with Crippen LogP contribution in [0.3, 0.4) is 0 Å². The Morgan fingerprint density at radius 3 is 2.85 bits per heavy atom. The van der Waals surface area contributed by atoms with E-state index in [9.17, 15) is 9.60 Å². The lowest BCUT2D eigenvalue weighted by atomic mass is 10.1. The molecule has 0 unspecified atom stereocenters. The third-order valence-corrected chi connectivity index (χ3v) is 4.80. The monoisotopic (exact) mass is 428 g/mol. The molecule has 4 rings (SSSR count). The number of fused-ring (bicyclic) bond motifs is 1. The molecule has 4 aromatic rings. The second kappa shape index (κ2) is 6.96. The van der Waals surface area contributed by atoms with E-state index < -0.39 is 0 Å². The van der Waals surface area contributed by atoms with Crippen molar-refractivity contribution in [2.45, 2.75) is 13.5 Å². The van der Waals surface area contributed by atoms with Crippen LogP contribution in [0.1, 0.15) is 11.3 Å². The first kappa shape index (κ1) is 17.4. The SMILES string of the molecule is Cc1ccc(CNc2cc(-c3ccccc3F)nc3c(Br)cnn23)c[n+]1O. The number of aromatic nitrogens is 4. The Balaban J connectivity index is 1.75. The van der Waals surface area contributed by atoms with Crippen LogP contribution in [0.4, 0.5) is 10.2 Å². The van der Waals surface area contributed by atoms with Crippen LogP contribution in [0.25, 0.3) is 16.9 Å². The molecule has 6 nitrogen and oxygen atoms in total. The van der Waals surface area contributed by atoms with Crippen molar-refractivity contribution in [1.82, 2.24) is 14.6 Å². The number of nitrogens with one attached hydrogen (secondary N) is 1. The molecule has 0 saturated carbocycles. The molecular weight excluding hydrogens is 413 g/mol. The lowest BCUT2D eigenvalue weighted by Gasteiger charge is -2.11. The molecule has 0 radical (unpaired) electrons. The normalized spacial score (nSPS) is 11.1. The second-order valence-electron chi connectivity index (χ2n) is 6.11. The lowest BCUT2D eigenvalue weighted by Crippen LogP contribution is -2.33. The van der Waals surface area contributed by atoms with Gasteiger partial charge in [-0.25, -0.2) is 9.37 Å². The summed E-state index contributed by atoms with van der Waals surface area (Å²) in [5, 5.41) is 17.4. The highest BCUT2D eigenvalue weighted by atomic mass is 79.9. The van der Waals surface area contributed by atoms with Crippen LogP contribution >= 0.6 is 15.9 Å². The molecule has 3 aromatic heterocycles. The third-order valence-electron chi connectivity index (χ3n) is 4.24. The van der Waals surface area contributed by atoms with Crippen LogP contribution in [0.15, 0.2) is 59.3 Å². The van der Waals surface area contributed by atoms with Crippen molar-refractivity contribution in [2.75, 3.05) is 5.32 Å². The molecule has 27 heavy (non-hydrogen) atoms. The summed E-state index contributed by atoms with van der Waals surface area (Å²) in [6.07, 6.45) is 3.28. The Morgan fingerprint density at radius 2 is 2.07 bits per heavy atom. The quantitative estimate of drug-likeness (QED) is 0.383. The van der Waals surface area contributed by atoms with Gasteiger partial charge in [-0.2, -0.15) is 9.61 Å². The molecule has 0 aliphatic carbocycles. The predicted octanol–water partition coefficient (Wildman–Crippen LogP) is 3.74. The first-order valence-corrected chi connectivity index (χ1v) is 9.06. The first-order chi connectivity index (χ1) is 13.0. The maximum absolute atomic E-state index is 14.2. The largest absolute Gasteiger partial charge is 0.366 e. The molecule has 136 valence electrons. The minimum Gasteiger partial charge on any atom is -0.366 e. The van der Waals surface area contributed by atoms with Gasteiger partial charge in [0.2, 0.25) is 11.9 Å². The van der Waals surface area contributed by atoms with E-state index >= 15 is 0 Å². The fraction of sp³-hybridized carbons (Fsp3) is 0.105. The zero-order valence-electron chi connectivity index (χ0n) is 14.4. The van der Waals surface area contributed by atoms with E-state index in [1.54, 1.807) is 41.2 Å². The highest BCUT2D eigenvalue weighted by Gasteiger charge is 2.14. The predicted molar refractivity (Wildman–Crippen MR) is 102 cm³/mol. The molecule has 0 fully saturated rings. The molecule has 8 heteroatoms. The highest BCUT2D eigenvalue weighted by Crippen LogP contribution is 2.27. The molecule has 0 bridgehead atoms. The molecule has 0 aliphatic rings. The van der Waals surface area contributed by atoms with Gasteiger partial charge in [0.1, 0.15) is 11.6 Å². The Hall–Kier alpha value is -3.00. The molecule has 0 atom stereocenters. The van der Waals surface area contributed by atoms with Crippen LogP contribution in [-0.2, 0) is 6.54 Å². The summed E-state index contributed by atoms with van der Waals surface area (Å²) >= 11 is 3.44. The molecule has 0 amide bonds. The Bertz CT molecular complexity index is 1140. The van der Waals surface area contributed by atoms with Crippen molar-refractivity contribution in [3.8, 4) is 11.3 Å². The summed E-state index contributed by atoms with van der Waals surface area (Å²) in [5.41, 5.74) is 3.12. The van der Waals surface area contributed by atoms with Gasteiger partial charge in [0.05, 0.1) is 16.4 Å². The summed E-state index contributed by atoms with van der Waals surface area (Å²) in [6.45, 7) is 2.26. The number of pyridine rings is 1. The van der Waals surface area contributed by atoms with E-state index in [4.69, 9.17) is 0 Å². The van der Waals surface area contributed by atoms with Crippen LogP contribution in [0.2, 0.25) is 0 Å². The molecule has 1 aromatic carbocycles. The fourth-order valence-electron chi connectivity index (χ4n) is 2.77. The van der Waals surface area contributed by atoms with Crippen molar-refractivity contribution < 1.29 is 14.3 Å². The van der Waals surface area contributed by atoms with Gasteiger partial charge in [0.15, 0.2) is 5.65 Å². The van der Waals surface area contributed by atoms with E-state index in [1.807, 2.05) is 19.1 Å². The number of halogens is 2. The number of benzene rings is 1. The Morgan fingerprint density at radius 1 is 1.26 bits per heavy atom. The minimum atomic E-state index is -0.337. The molecule has 0 aliphatic heterocycles. The van der Waals surface area contributed by atoms with E-state index in [-0.39, 0.29) is 5.82 Å². The summed E-state index contributed by atoms with van der Waals surface area (Å²) in [6, 6.07) is 12.0. The van der Waals surface area contributed by atoms with Gasteiger partial charge >= 0.3 is 0 Å². The summed E-state index contributed by atoms with van der Waals surface area (Å²) in [7, 11) is 0. The van der Waals surface area contributed by atoms with Crippen molar-refractivity contribution >= 4 is 27.4 Å². The van der Waals surface area contributed by atoms with Gasteiger partial charge < -0.3 is 5.32 Å². The van der Waals surface area contributed by atoms with Crippen LogP contribution < -0.4 is 10.0 Å². The van der Waals surface area contributed by atoms with Gasteiger partial charge in [-0.1, -0.05) is 12.1 Å². The standard InChI is InChI=1S/C19H16BrFN5O/c1-12-6-7-13(11-25(12)27)9-22-18-8-17(14-4-2-3-5-16(14)21)24-19-15(20)10-23-26(18)19/h2-8,10-11,22,27H,9H2,1H3/q+1. The van der Waals surface area contributed by atoms with Crippen LogP contribution in [0, 0.1) is 12.7 Å². The number of anilines is 1. The molecule has 2 N–H and O–H groups in total. The molecule has 0 spiro atoms. The van der Waals surface area contributed by atoms with E-state index in [1.165, 1.54) is 6.07 Å². The van der Waals surface area contributed by atoms with Crippen molar-refractivity contribution in [3.63, 3.8) is 0 Å². The van der Waals surface area contributed by atoms with Crippen molar-refractivity contribution in [2.24, 2.45) is 0 Å². The topological polar surface area (TPSA) is 66.3 Å². The van der Waals surface area contributed by atoms with E-state index in [0.29, 0.717) is 33.7 Å². The zero-order chi connectivity index (χ0) is 19.0. The summed E-state index contributed by atoms with van der Waals surface area (Å²) < 4.78 is 17.7. The van der Waals surface area contributed by atoms with Gasteiger partial charge in [-0.3, -0.25) is 5.21 Å². The summed E-state index contributed by atoms with van der Waals surface area (Å²) in [4.78, 5) is 4.54. The van der Waals surface area contributed by atoms with E-state index in [0.717, 1.165) is 16.0 Å². The summed E-state index contributed by atoms with van der Waals surface area (Å²) in [5.74, 6) is 0.324. The van der Waals surface area contributed by atoms with Crippen LogP contribution in [0.5, 0.6) is 0 Å². The average molecular weight is 429 g/mol.